The molecule has 5 nitrogen and oxygen atoms in total. The average molecular weight is 328 g/mol. The Morgan fingerprint density at radius 1 is 1.42 bits per heavy atom. The molecular formula is C13H14BrNO4. The van der Waals surface area contributed by atoms with Gasteiger partial charge < -0.3 is 15.1 Å². The summed E-state index contributed by atoms with van der Waals surface area (Å²) in [6.07, 6.45) is -0.703. The summed E-state index contributed by atoms with van der Waals surface area (Å²) in [6, 6.07) is 4.32. The lowest BCUT2D eigenvalue weighted by atomic mass is 10.1. The summed E-state index contributed by atoms with van der Waals surface area (Å²) >= 11 is 3.29. The second-order valence-electron chi connectivity index (χ2n) is 4.66. The molecule has 0 radical (unpaired) electrons. The molecule has 1 amide bonds. The van der Waals surface area contributed by atoms with Crippen LogP contribution in [0.4, 0.5) is 0 Å². The number of aliphatic carboxylic acids is 1. The second kappa shape index (κ2) is 5.30. The number of carboxylic acid groups (broad SMARTS) is 1. The Balaban J connectivity index is 2.33. The lowest BCUT2D eigenvalue weighted by Gasteiger charge is -2.22. The first kappa shape index (κ1) is 14.0. The number of aliphatic hydroxyl groups is 1. The van der Waals surface area contributed by atoms with Crippen LogP contribution in [0.25, 0.3) is 0 Å². The molecule has 1 heterocycles. The Labute approximate surface area is 119 Å². The van der Waals surface area contributed by atoms with E-state index in [1.54, 1.807) is 19.1 Å². The molecule has 1 aliphatic rings. The van der Waals surface area contributed by atoms with Gasteiger partial charge in [0.15, 0.2) is 0 Å². The Kier molecular flexibility index (Phi) is 3.91. The fraction of sp³-hybridized carbons (Fsp3) is 0.385. The second-order valence-corrected chi connectivity index (χ2v) is 5.58. The molecule has 19 heavy (non-hydrogen) atoms. The van der Waals surface area contributed by atoms with Crippen molar-refractivity contribution in [2.24, 2.45) is 0 Å². The summed E-state index contributed by atoms with van der Waals surface area (Å²) < 4.78 is 0.757. The zero-order valence-corrected chi connectivity index (χ0v) is 11.9. The lowest BCUT2D eigenvalue weighted by Crippen LogP contribution is -2.40. The summed E-state index contributed by atoms with van der Waals surface area (Å²) in [4.78, 5) is 24.8. The number of amides is 1. The number of benzene rings is 1. The number of carbonyl (C=O) groups is 2. The summed E-state index contributed by atoms with van der Waals surface area (Å²) in [5, 5.41) is 18.7. The van der Waals surface area contributed by atoms with Crippen LogP contribution in [0.5, 0.6) is 0 Å². The predicted octanol–water partition coefficient (Wildman–Crippen LogP) is 1.42. The summed E-state index contributed by atoms with van der Waals surface area (Å²) in [6.45, 7) is 1.85. The third-order valence-electron chi connectivity index (χ3n) is 3.25. The first-order valence-corrected chi connectivity index (χ1v) is 6.67. The number of carbonyl (C=O) groups excluding carboxylic acids is 1. The van der Waals surface area contributed by atoms with Crippen molar-refractivity contribution >= 4 is 27.8 Å². The van der Waals surface area contributed by atoms with Crippen molar-refractivity contribution in [1.82, 2.24) is 4.90 Å². The average Bonchev–Trinajstić information content (AvgIpc) is 2.74. The van der Waals surface area contributed by atoms with Gasteiger partial charge in [0.1, 0.15) is 6.04 Å². The maximum Gasteiger partial charge on any atom is 0.326 e. The van der Waals surface area contributed by atoms with Gasteiger partial charge in [-0.3, -0.25) is 4.79 Å². The number of likely N-dealkylation sites (tertiary alicyclic amines) is 1. The number of hydrogen-bond acceptors (Lipinski definition) is 3. The van der Waals surface area contributed by atoms with E-state index in [-0.39, 0.29) is 18.9 Å². The maximum atomic E-state index is 12.4. The minimum atomic E-state index is -1.09. The smallest absolute Gasteiger partial charge is 0.326 e. The summed E-state index contributed by atoms with van der Waals surface area (Å²) in [7, 11) is 0. The molecule has 0 spiro atoms. The van der Waals surface area contributed by atoms with Crippen molar-refractivity contribution in [2.75, 3.05) is 6.54 Å². The first-order valence-electron chi connectivity index (χ1n) is 5.88. The van der Waals surface area contributed by atoms with E-state index in [4.69, 9.17) is 5.11 Å². The normalized spacial score (nSPS) is 22.6. The number of β-amino-alcohol motifs (C(OH)–C–C–N with tert-alkyl or cyclic N) is 1. The van der Waals surface area contributed by atoms with Gasteiger partial charge in [0, 0.05) is 23.0 Å². The molecule has 0 aliphatic carbocycles. The number of nitrogens with zero attached hydrogens (tertiary/aromatic N) is 1. The van der Waals surface area contributed by atoms with Crippen LogP contribution in [0.2, 0.25) is 0 Å². The van der Waals surface area contributed by atoms with E-state index in [2.05, 4.69) is 15.9 Å². The highest BCUT2D eigenvalue weighted by atomic mass is 79.9. The number of halogens is 1. The van der Waals surface area contributed by atoms with Gasteiger partial charge in [-0.05, 0) is 24.6 Å². The van der Waals surface area contributed by atoms with Gasteiger partial charge in [0.25, 0.3) is 5.91 Å². The molecule has 6 heteroatoms. The van der Waals surface area contributed by atoms with Crippen LogP contribution in [-0.2, 0) is 4.79 Å². The van der Waals surface area contributed by atoms with E-state index in [0.29, 0.717) is 5.56 Å². The van der Waals surface area contributed by atoms with Crippen LogP contribution in [-0.4, -0.2) is 45.7 Å². The summed E-state index contributed by atoms with van der Waals surface area (Å²) in [5.74, 6) is -1.44. The number of aliphatic hydroxyl groups excluding tert-OH is 1. The highest BCUT2D eigenvalue weighted by Gasteiger charge is 2.39. The fourth-order valence-corrected chi connectivity index (χ4v) is 2.61. The van der Waals surface area contributed by atoms with Crippen molar-refractivity contribution in [3.63, 3.8) is 0 Å². The minimum Gasteiger partial charge on any atom is -0.480 e. The zero-order chi connectivity index (χ0) is 14.2. The Hall–Kier alpha value is -1.40. The number of carboxylic acids is 1. The van der Waals surface area contributed by atoms with Crippen molar-refractivity contribution in [2.45, 2.75) is 25.5 Å². The van der Waals surface area contributed by atoms with Crippen LogP contribution in [0.15, 0.2) is 22.7 Å². The van der Waals surface area contributed by atoms with Gasteiger partial charge in [-0.25, -0.2) is 4.79 Å². The predicted molar refractivity (Wildman–Crippen MR) is 72.0 cm³/mol. The molecule has 1 saturated heterocycles. The van der Waals surface area contributed by atoms with Gasteiger partial charge in [-0.1, -0.05) is 22.0 Å². The molecule has 1 aromatic rings. The van der Waals surface area contributed by atoms with E-state index >= 15 is 0 Å². The van der Waals surface area contributed by atoms with E-state index in [9.17, 15) is 14.7 Å². The van der Waals surface area contributed by atoms with Crippen molar-refractivity contribution in [3.05, 3.63) is 33.8 Å². The maximum absolute atomic E-state index is 12.4. The van der Waals surface area contributed by atoms with Gasteiger partial charge in [0.05, 0.1) is 6.10 Å². The SMILES string of the molecule is Cc1ccc(Br)cc1C(=O)N1C[C@H](O)C[C@@H]1C(=O)O. The fourth-order valence-electron chi connectivity index (χ4n) is 2.25. The van der Waals surface area contributed by atoms with Crippen molar-refractivity contribution in [1.29, 1.82) is 0 Å². The molecular weight excluding hydrogens is 314 g/mol. The van der Waals surface area contributed by atoms with E-state index in [1.165, 1.54) is 4.90 Å². The summed E-state index contributed by atoms with van der Waals surface area (Å²) in [5.41, 5.74) is 1.23. The Bertz CT molecular complexity index is 531. The third kappa shape index (κ3) is 2.79. The topological polar surface area (TPSA) is 77.8 Å². The quantitative estimate of drug-likeness (QED) is 0.861. The molecule has 2 N–H and O–H groups in total. The van der Waals surface area contributed by atoms with Crippen LogP contribution in [0.3, 0.4) is 0 Å². The minimum absolute atomic E-state index is 0.0573. The largest absolute Gasteiger partial charge is 0.480 e. The Morgan fingerprint density at radius 2 is 2.11 bits per heavy atom. The third-order valence-corrected chi connectivity index (χ3v) is 3.75. The molecule has 0 saturated carbocycles. The lowest BCUT2D eigenvalue weighted by molar-refractivity contribution is -0.141. The molecule has 0 unspecified atom stereocenters. The van der Waals surface area contributed by atoms with Crippen molar-refractivity contribution < 1.29 is 19.8 Å². The molecule has 1 fully saturated rings. The molecule has 2 rings (SSSR count). The molecule has 102 valence electrons. The zero-order valence-electron chi connectivity index (χ0n) is 10.3. The standard InChI is InChI=1S/C13H14BrNO4/c1-7-2-3-8(14)4-10(7)12(17)15-6-9(16)5-11(15)13(18)19/h2-4,9,11,16H,5-6H2,1H3,(H,18,19)/t9-,11-/m1/s1. The van der Waals surface area contributed by atoms with Gasteiger partial charge in [-0.2, -0.15) is 0 Å². The van der Waals surface area contributed by atoms with E-state index in [0.717, 1.165) is 10.0 Å². The molecule has 0 bridgehead atoms. The van der Waals surface area contributed by atoms with Crippen molar-refractivity contribution in [3.8, 4) is 0 Å². The van der Waals surface area contributed by atoms with Crippen LogP contribution >= 0.6 is 15.9 Å². The first-order chi connectivity index (χ1) is 8.90. The molecule has 0 aromatic heterocycles. The highest BCUT2D eigenvalue weighted by Crippen LogP contribution is 2.24. The van der Waals surface area contributed by atoms with Gasteiger partial charge >= 0.3 is 5.97 Å². The number of aryl methyl sites for hydroxylation is 1. The van der Waals surface area contributed by atoms with Crippen LogP contribution < -0.4 is 0 Å². The van der Waals surface area contributed by atoms with E-state index < -0.39 is 18.1 Å². The van der Waals surface area contributed by atoms with Crippen LogP contribution in [0, 0.1) is 6.92 Å². The number of rotatable bonds is 2. The monoisotopic (exact) mass is 327 g/mol. The van der Waals surface area contributed by atoms with Crippen LogP contribution in [0.1, 0.15) is 22.3 Å². The van der Waals surface area contributed by atoms with E-state index in [1.807, 2.05) is 6.07 Å². The number of hydrogen-bond donors (Lipinski definition) is 2. The molecule has 1 aromatic carbocycles. The van der Waals surface area contributed by atoms with Gasteiger partial charge in [0.2, 0.25) is 0 Å². The molecule has 2 atom stereocenters. The Morgan fingerprint density at radius 3 is 2.74 bits per heavy atom. The van der Waals surface area contributed by atoms with Gasteiger partial charge in [-0.15, -0.1) is 0 Å². The molecule has 1 aliphatic heterocycles. The highest BCUT2D eigenvalue weighted by molar-refractivity contribution is 9.10.